The van der Waals surface area contributed by atoms with Crippen LogP contribution in [0, 0.1) is 6.92 Å². The van der Waals surface area contributed by atoms with Crippen LogP contribution in [-0.2, 0) is 14.4 Å². The summed E-state index contributed by atoms with van der Waals surface area (Å²) in [5.74, 6) is -1.66. The third kappa shape index (κ3) is 17.8. The lowest BCUT2D eigenvalue weighted by Crippen LogP contribution is -2.08. The molecule has 0 unspecified atom stereocenters. The fourth-order valence-electron chi connectivity index (χ4n) is 3.07. The first-order valence-electron chi connectivity index (χ1n) is 12.7. The first-order valence-corrected chi connectivity index (χ1v) is 12.7. The number of nitrogens with zero attached hydrogens (tertiary/aromatic N) is 1. The zero-order valence-electron chi connectivity index (χ0n) is 21.8. The van der Waals surface area contributed by atoms with Crippen molar-refractivity contribution >= 4 is 17.7 Å². The Hall–Kier alpha value is -2.37. The second kappa shape index (κ2) is 22.8. The largest absolute Gasteiger partial charge is 0.507 e. The summed E-state index contributed by atoms with van der Waals surface area (Å²) in [6.45, 7) is 12.1. The van der Waals surface area contributed by atoms with Gasteiger partial charge in [0.25, 0.3) is 0 Å². The van der Waals surface area contributed by atoms with E-state index in [9.17, 15) is 14.7 Å². The fourth-order valence-corrected chi connectivity index (χ4v) is 3.07. The Bertz CT molecular complexity index is 670. The predicted molar refractivity (Wildman–Crippen MR) is 137 cm³/mol. The average molecular weight is 466 g/mol. The van der Waals surface area contributed by atoms with Crippen molar-refractivity contribution in [2.45, 2.75) is 119 Å². The minimum Gasteiger partial charge on any atom is -0.507 e. The van der Waals surface area contributed by atoms with Gasteiger partial charge in [0.2, 0.25) is 0 Å². The fraction of sp³-hybridized carbons (Fsp3) is 0.667. The van der Waals surface area contributed by atoms with Crippen LogP contribution in [0.2, 0.25) is 0 Å². The smallest absolute Gasteiger partial charge is 0.335 e. The second-order valence-electron chi connectivity index (χ2n) is 7.49. The van der Waals surface area contributed by atoms with E-state index in [-0.39, 0.29) is 18.6 Å². The molecular formula is C27H47NO5. The summed E-state index contributed by atoms with van der Waals surface area (Å²) < 4.78 is 0. The number of benzene rings is 1. The molecule has 0 amide bonds. The molecule has 6 heteroatoms. The molecule has 0 saturated heterocycles. The standard InChI is InChI=1S/C23H35NO5.2C2H6/c1-3-4-5-6-7-8-9-10-11-12-20(19-17-18(2)13-14-21(19)25)24-29-23(28)16-15-22(26)27;2*1-2/h13-14,17,25H,3-12,15-16H2,1-2H3,(H,26,27);2*1-2H3/b24-20+;;. The van der Waals surface area contributed by atoms with E-state index < -0.39 is 11.9 Å². The van der Waals surface area contributed by atoms with Gasteiger partial charge in [-0.15, -0.1) is 0 Å². The molecule has 0 atom stereocenters. The van der Waals surface area contributed by atoms with Crippen molar-refractivity contribution in [3.05, 3.63) is 29.3 Å². The molecule has 33 heavy (non-hydrogen) atoms. The monoisotopic (exact) mass is 465 g/mol. The van der Waals surface area contributed by atoms with Gasteiger partial charge in [-0.25, -0.2) is 4.79 Å². The van der Waals surface area contributed by atoms with E-state index in [2.05, 4.69) is 12.1 Å². The molecule has 1 rings (SSSR count). The predicted octanol–water partition coefficient (Wildman–Crippen LogP) is 7.79. The zero-order chi connectivity index (χ0) is 25.5. The van der Waals surface area contributed by atoms with Crippen molar-refractivity contribution in [1.29, 1.82) is 0 Å². The number of oxime groups is 1. The first kappa shape index (κ1) is 32.8. The number of unbranched alkanes of at least 4 members (excludes halogenated alkanes) is 8. The van der Waals surface area contributed by atoms with Crippen molar-refractivity contribution in [2.24, 2.45) is 5.16 Å². The van der Waals surface area contributed by atoms with Crippen molar-refractivity contribution in [1.82, 2.24) is 0 Å². The molecule has 190 valence electrons. The molecule has 0 bridgehead atoms. The number of rotatable bonds is 15. The first-order chi connectivity index (χ1) is 15.9. The normalized spacial score (nSPS) is 10.4. The van der Waals surface area contributed by atoms with Gasteiger partial charge in [-0.2, -0.15) is 0 Å². The number of aryl methyl sites for hydroxylation is 1. The van der Waals surface area contributed by atoms with Gasteiger partial charge in [-0.1, -0.05) is 103 Å². The lowest BCUT2D eigenvalue weighted by Gasteiger charge is -2.10. The number of phenols is 1. The van der Waals surface area contributed by atoms with Crippen LogP contribution in [0.15, 0.2) is 23.4 Å². The van der Waals surface area contributed by atoms with Gasteiger partial charge >= 0.3 is 11.9 Å². The summed E-state index contributed by atoms with van der Waals surface area (Å²) >= 11 is 0. The summed E-state index contributed by atoms with van der Waals surface area (Å²) in [5.41, 5.74) is 2.03. The Morgan fingerprint density at radius 1 is 0.848 bits per heavy atom. The maximum absolute atomic E-state index is 11.7. The molecule has 2 N–H and O–H groups in total. The van der Waals surface area contributed by atoms with E-state index >= 15 is 0 Å². The van der Waals surface area contributed by atoms with Crippen LogP contribution in [-0.4, -0.2) is 27.9 Å². The number of carboxylic acids is 1. The van der Waals surface area contributed by atoms with Crippen molar-refractivity contribution < 1.29 is 24.6 Å². The van der Waals surface area contributed by atoms with Crippen molar-refractivity contribution in [3.8, 4) is 5.75 Å². The number of aromatic hydroxyl groups is 1. The van der Waals surface area contributed by atoms with Gasteiger partial charge in [0.05, 0.1) is 18.6 Å². The Kier molecular flexibility index (Phi) is 22.7. The highest BCUT2D eigenvalue weighted by atomic mass is 16.7. The molecule has 0 spiro atoms. The maximum Gasteiger partial charge on any atom is 0.335 e. The molecule has 0 radical (unpaired) electrons. The molecule has 0 aliphatic heterocycles. The quantitative estimate of drug-likeness (QED) is 0.119. The van der Waals surface area contributed by atoms with Gasteiger partial charge in [-0.3, -0.25) is 4.79 Å². The van der Waals surface area contributed by atoms with Crippen LogP contribution < -0.4 is 0 Å². The van der Waals surface area contributed by atoms with E-state index in [1.807, 2.05) is 40.7 Å². The Labute approximate surface area is 201 Å². The average Bonchev–Trinajstić information content (AvgIpc) is 2.82. The number of carbonyl (C=O) groups is 2. The molecule has 0 saturated carbocycles. The summed E-state index contributed by atoms with van der Waals surface area (Å²) in [4.78, 5) is 27.2. The van der Waals surface area contributed by atoms with Gasteiger partial charge in [0.1, 0.15) is 5.75 Å². The van der Waals surface area contributed by atoms with Crippen LogP contribution >= 0.6 is 0 Å². The summed E-state index contributed by atoms with van der Waals surface area (Å²) in [5, 5.41) is 22.8. The third-order valence-corrected chi connectivity index (χ3v) is 4.78. The Morgan fingerprint density at radius 2 is 1.39 bits per heavy atom. The summed E-state index contributed by atoms with van der Waals surface area (Å²) in [6, 6.07) is 5.21. The lowest BCUT2D eigenvalue weighted by atomic mass is 10.00. The lowest BCUT2D eigenvalue weighted by molar-refractivity contribution is -0.147. The Balaban J connectivity index is 0. The Morgan fingerprint density at radius 3 is 1.94 bits per heavy atom. The molecule has 0 heterocycles. The summed E-state index contributed by atoms with van der Waals surface area (Å²) in [6.07, 6.45) is 10.8. The van der Waals surface area contributed by atoms with Gasteiger partial charge < -0.3 is 15.1 Å². The number of aliphatic carboxylic acids is 1. The SMILES string of the molecule is CC.CC.CCCCCCCCCCC/C(=N\OC(=O)CCC(=O)O)c1cc(C)ccc1O. The second-order valence-corrected chi connectivity index (χ2v) is 7.49. The highest BCUT2D eigenvalue weighted by Gasteiger charge is 2.13. The van der Waals surface area contributed by atoms with Crippen LogP contribution in [0.25, 0.3) is 0 Å². The van der Waals surface area contributed by atoms with E-state index in [0.29, 0.717) is 17.7 Å². The minimum atomic E-state index is -1.06. The van der Waals surface area contributed by atoms with Crippen LogP contribution in [0.5, 0.6) is 5.75 Å². The minimum absolute atomic E-state index is 0.0897. The number of hydrogen-bond acceptors (Lipinski definition) is 5. The van der Waals surface area contributed by atoms with E-state index in [1.165, 1.54) is 38.5 Å². The van der Waals surface area contributed by atoms with E-state index in [0.717, 1.165) is 24.8 Å². The zero-order valence-corrected chi connectivity index (χ0v) is 21.8. The molecule has 1 aromatic rings. The number of carboxylic acid groups (broad SMARTS) is 1. The van der Waals surface area contributed by atoms with Crippen molar-refractivity contribution in [3.63, 3.8) is 0 Å². The number of phenolic OH excluding ortho intramolecular Hbond substituents is 1. The van der Waals surface area contributed by atoms with E-state index in [4.69, 9.17) is 9.94 Å². The van der Waals surface area contributed by atoms with Gasteiger partial charge in [0, 0.05) is 5.56 Å². The third-order valence-electron chi connectivity index (χ3n) is 4.78. The van der Waals surface area contributed by atoms with Crippen LogP contribution in [0.3, 0.4) is 0 Å². The van der Waals surface area contributed by atoms with Gasteiger partial charge in [0.15, 0.2) is 0 Å². The highest BCUT2D eigenvalue weighted by molar-refractivity contribution is 6.02. The number of carbonyl (C=O) groups excluding carboxylic acids is 1. The van der Waals surface area contributed by atoms with Crippen LogP contribution in [0.1, 0.15) is 123 Å². The molecule has 6 nitrogen and oxygen atoms in total. The van der Waals surface area contributed by atoms with E-state index in [1.54, 1.807) is 12.1 Å². The highest BCUT2D eigenvalue weighted by Crippen LogP contribution is 2.22. The molecule has 0 aliphatic rings. The number of hydrogen-bond donors (Lipinski definition) is 2. The summed E-state index contributed by atoms with van der Waals surface area (Å²) in [7, 11) is 0. The van der Waals surface area contributed by atoms with Gasteiger partial charge in [-0.05, 0) is 31.9 Å². The topological polar surface area (TPSA) is 96.2 Å². The molecule has 0 aromatic heterocycles. The molecule has 0 fully saturated rings. The molecule has 1 aromatic carbocycles. The molecule has 0 aliphatic carbocycles. The maximum atomic E-state index is 11.7. The van der Waals surface area contributed by atoms with Crippen molar-refractivity contribution in [2.75, 3.05) is 0 Å². The molecular weight excluding hydrogens is 418 g/mol. The van der Waals surface area contributed by atoms with Crippen LogP contribution in [0.4, 0.5) is 0 Å².